The van der Waals surface area contributed by atoms with Crippen molar-refractivity contribution in [3.63, 3.8) is 0 Å². The summed E-state index contributed by atoms with van der Waals surface area (Å²) in [5.74, 6) is -0.323. The second-order valence-electron chi connectivity index (χ2n) is 6.27. The number of carbonyl (C=O) groups excluding carboxylic acids is 3. The van der Waals surface area contributed by atoms with Crippen molar-refractivity contribution in [2.24, 2.45) is 0 Å². The lowest BCUT2D eigenvalue weighted by molar-refractivity contribution is -0.125. The average Bonchev–Trinajstić information content (AvgIpc) is 2.84. The fourth-order valence-electron chi connectivity index (χ4n) is 2.82. The predicted molar refractivity (Wildman–Crippen MR) is 99.9 cm³/mol. The Kier molecular flexibility index (Phi) is 7.01. The van der Waals surface area contributed by atoms with Gasteiger partial charge in [-0.05, 0) is 57.6 Å². The van der Waals surface area contributed by atoms with E-state index >= 15 is 0 Å². The number of nitrogens with one attached hydrogen (secondary N) is 1. The topological polar surface area (TPSA) is 69.7 Å². The Morgan fingerprint density at radius 2 is 1.80 bits per heavy atom. The summed E-state index contributed by atoms with van der Waals surface area (Å²) in [6.07, 6.45) is 3.21. The van der Waals surface area contributed by atoms with Crippen LogP contribution in [0.2, 0.25) is 0 Å². The molecule has 0 radical (unpaired) electrons. The van der Waals surface area contributed by atoms with Gasteiger partial charge in [0.15, 0.2) is 0 Å². The van der Waals surface area contributed by atoms with Crippen LogP contribution in [-0.4, -0.2) is 72.8 Å². The van der Waals surface area contributed by atoms with Crippen LogP contribution in [0.3, 0.4) is 0 Å². The first-order valence-corrected chi connectivity index (χ1v) is 9.75. The van der Waals surface area contributed by atoms with Crippen molar-refractivity contribution in [3.05, 3.63) is 35.4 Å². The van der Waals surface area contributed by atoms with Crippen LogP contribution in [0, 0.1) is 0 Å². The number of fused-ring (bicyclic) bond motifs is 1. The Bertz CT molecular complexity index is 613. The molecule has 0 saturated heterocycles. The summed E-state index contributed by atoms with van der Waals surface area (Å²) in [4.78, 5) is 41.1. The molecule has 0 fully saturated rings. The highest BCUT2D eigenvalue weighted by Gasteiger charge is 2.42. The summed E-state index contributed by atoms with van der Waals surface area (Å²) in [6.45, 7) is 1.39. The van der Waals surface area contributed by atoms with Crippen LogP contribution in [-0.2, 0) is 4.79 Å². The number of imide groups is 1. The van der Waals surface area contributed by atoms with Gasteiger partial charge in [-0.15, -0.1) is 0 Å². The Morgan fingerprint density at radius 3 is 2.32 bits per heavy atom. The molecule has 3 amide bonds. The average molecular weight is 363 g/mol. The normalized spacial score (nSPS) is 14.8. The van der Waals surface area contributed by atoms with Gasteiger partial charge >= 0.3 is 0 Å². The van der Waals surface area contributed by atoms with Gasteiger partial charge in [0.2, 0.25) is 5.91 Å². The van der Waals surface area contributed by atoms with E-state index in [1.807, 2.05) is 25.3 Å². The monoisotopic (exact) mass is 363 g/mol. The highest BCUT2D eigenvalue weighted by atomic mass is 32.2. The van der Waals surface area contributed by atoms with E-state index in [1.165, 1.54) is 0 Å². The van der Waals surface area contributed by atoms with Crippen molar-refractivity contribution in [2.75, 3.05) is 39.2 Å². The van der Waals surface area contributed by atoms with Gasteiger partial charge in [0.25, 0.3) is 11.8 Å². The van der Waals surface area contributed by atoms with E-state index in [9.17, 15) is 14.4 Å². The molecule has 1 aromatic carbocycles. The lowest BCUT2D eigenvalue weighted by Gasteiger charge is -2.25. The highest BCUT2D eigenvalue weighted by molar-refractivity contribution is 7.98. The van der Waals surface area contributed by atoms with E-state index in [0.29, 0.717) is 29.8 Å². The molecule has 0 aliphatic carbocycles. The maximum Gasteiger partial charge on any atom is 0.262 e. The molecule has 0 spiro atoms. The van der Waals surface area contributed by atoms with Gasteiger partial charge in [0, 0.05) is 6.54 Å². The SMILES string of the molecule is CSCCC(C(=O)NCCCN(C)C)N1C(=O)c2ccccc2C1=O. The van der Waals surface area contributed by atoms with Crippen LogP contribution in [0.5, 0.6) is 0 Å². The van der Waals surface area contributed by atoms with Gasteiger partial charge in [-0.2, -0.15) is 11.8 Å². The van der Waals surface area contributed by atoms with Gasteiger partial charge < -0.3 is 10.2 Å². The number of thioether (sulfide) groups is 1. The standard InChI is InChI=1S/C18H25N3O3S/c1-20(2)11-6-10-19-16(22)15(9-12-25-3)21-17(23)13-7-4-5-8-14(13)18(21)24/h4-5,7-8,15H,6,9-12H2,1-3H3,(H,19,22). The molecule has 1 aliphatic rings. The number of rotatable bonds is 9. The quantitative estimate of drug-likeness (QED) is 0.531. The minimum Gasteiger partial charge on any atom is -0.354 e. The summed E-state index contributed by atoms with van der Waals surface area (Å²) >= 11 is 1.59. The molecule has 6 nitrogen and oxygen atoms in total. The van der Waals surface area contributed by atoms with Gasteiger partial charge in [-0.1, -0.05) is 12.1 Å². The molecule has 1 atom stereocenters. The minimum atomic E-state index is -0.765. The molecule has 1 heterocycles. The van der Waals surface area contributed by atoms with Gasteiger partial charge in [-0.3, -0.25) is 19.3 Å². The maximum absolute atomic E-state index is 12.6. The molecule has 0 aromatic heterocycles. The number of hydrogen-bond acceptors (Lipinski definition) is 5. The van der Waals surface area contributed by atoms with Crippen LogP contribution in [0.25, 0.3) is 0 Å². The van der Waals surface area contributed by atoms with Gasteiger partial charge in [0.05, 0.1) is 11.1 Å². The molecule has 25 heavy (non-hydrogen) atoms. The molecule has 0 bridgehead atoms. The van der Waals surface area contributed by atoms with Gasteiger partial charge in [0.1, 0.15) is 6.04 Å². The van der Waals surface area contributed by atoms with Crippen LogP contribution in [0.15, 0.2) is 24.3 Å². The summed E-state index contributed by atoms with van der Waals surface area (Å²) in [5, 5.41) is 2.87. The number of nitrogens with zero attached hydrogens (tertiary/aromatic N) is 2. The van der Waals surface area contributed by atoms with Crippen LogP contribution >= 0.6 is 11.8 Å². The van der Waals surface area contributed by atoms with Crippen molar-refractivity contribution in [1.82, 2.24) is 15.1 Å². The highest BCUT2D eigenvalue weighted by Crippen LogP contribution is 2.26. The van der Waals surface area contributed by atoms with Crippen molar-refractivity contribution in [3.8, 4) is 0 Å². The summed E-state index contributed by atoms with van der Waals surface area (Å²) in [5.41, 5.74) is 0.754. The van der Waals surface area contributed by atoms with Gasteiger partial charge in [-0.25, -0.2) is 0 Å². The first-order chi connectivity index (χ1) is 12.0. The van der Waals surface area contributed by atoms with E-state index in [4.69, 9.17) is 0 Å². The summed E-state index contributed by atoms with van der Waals surface area (Å²) < 4.78 is 0. The largest absolute Gasteiger partial charge is 0.354 e. The predicted octanol–water partition coefficient (Wildman–Crippen LogP) is 1.47. The maximum atomic E-state index is 12.6. The molecule has 7 heteroatoms. The lowest BCUT2D eigenvalue weighted by atomic mass is 10.1. The Morgan fingerprint density at radius 1 is 1.20 bits per heavy atom. The van der Waals surface area contributed by atoms with E-state index < -0.39 is 6.04 Å². The van der Waals surface area contributed by atoms with Crippen LogP contribution < -0.4 is 5.32 Å². The Hall–Kier alpha value is -1.86. The zero-order valence-corrected chi connectivity index (χ0v) is 15.8. The van der Waals surface area contributed by atoms with Crippen LogP contribution in [0.4, 0.5) is 0 Å². The van der Waals surface area contributed by atoms with Crippen LogP contribution in [0.1, 0.15) is 33.6 Å². The lowest BCUT2D eigenvalue weighted by Crippen LogP contribution is -2.50. The third-order valence-electron chi connectivity index (χ3n) is 4.12. The third kappa shape index (κ3) is 4.61. The Labute approximate surface area is 152 Å². The number of amides is 3. The minimum absolute atomic E-state index is 0.262. The molecule has 2 rings (SSSR count). The first kappa shape index (κ1) is 19.5. The van der Waals surface area contributed by atoms with Crippen molar-refractivity contribution in [2.45, 2.75) is 18.9 Å². The molecule has 1 aliphatic heterocycles. The van der Waals surface area contributed by atoms with Crippen molar-refractivity contribution in [1.29, 1.82) is 0 Å². The zero-order valence-electron chi connectivity index (χ0n) is 14.9. The molecular formula is C18H25N3O3S. The summed E-state index contributed by atoms with van der Waals surface area (Å²) in [6, 6.07) is 5.96. The van der Waals surface area contributed by atoms with E-state index in [2.05, 4.69) is 5.32 Å². The molecule has 136 valence electrons. The fourth-order valence-corrected chi connectivity index (χ4v) is 3.28. The molecular weight excluding hydrogens is 338 g/mol. The number of hydrogen-bond donors (Lipinski definition) is 1. The van der Waals surface area contributed by atoms with E-state index in [-0.39, 0.29) is 17.7 Å². The second kappa shape index (κ2) is 9.01. The van der Waals surface area contributed by atoms with E-state index in [1.54, 1.807) is 36.0 Å². The third-order valence-corrected chi connectivity index (χ3v) is 4.76. The number of carbonyl (C=O) groups is 3. The second-order valence-corrected chi connectivity index (χ2v) is 7.26. The fraction of sp³-hybridized carbons (Fsp3) is 0.500. The molecule has 1 unspecified atom stereocenters. The smallest absolute Gasteiger partial charge is 0.262 e. The summed E-state index contributed by atoms with van der Waals surface area (Å²) in [7, 11) is 3.95. The Balaban J connectivity index is 2.11. The van der Waals surface area contributed by atoms with Crippen molar-refractivity contribution < 1.29 is 14.4 Å². The molecule has 0 saturated carbocycles. The molecule has 1 aromatic rings. The molecule has 1 N–H and O–H groups in total. The zero-order chi connectivity index (χ0) is 18.4. The van der Waals surface area contributed by atoms with Crippen molar-refractivity contribution >= 4 is 29.5 Å². The first-order valence-electron chi connectivity index (χ1n) is 8.35. The van der Waals surface area contributed by atoms with E-state index in [0.717, 1.165) is 17.9 Å². The number of benzene rings is 1.